The number of halogens is 1. The molecule has 0 spiro atoms. The Morgan fingerprint density at radius 3 is 2.58 bits per heavy atom. The highest BCUT2D eigenvalue weighted by Crippen LogP contribution is 2.21. The molecule has 3 N–H and O–H groups in total. The van der Waals surface area contributed by atoms with Gasteiger partial charge in [0.15, 0.2) is 0 Å². The van der Waals surface area contributed by atoms with Crippen LogP contribution in [0.2, 0.25) is 5.02 Å². The molecule has 0 aliphatic heterocycles. The largest absolute Gasteiger partial charge is 0.507 e. The average molecular weight is 285 g/mol. The third kappa shape index (κ3) is 3.86. The summed E-state index contributed by atoms with van der Waals surface area (Å²) >= 11 is 5.77. The molecule has 19 heavy (non-hydrogen) atoms. The molecule has 0 saturated carbocycles. The zero-order valence-electron chi connectivity index (χ0n) is 11.1. The number of aromatic hydroxyl groups is 1. The third-order valence-electron chi connectivity index (χ3n) is 2.74. The van der Waals surface area contributed by atoms with Crippen molar-refractivity contribution in [2.45, 2.75) is 13.8 Å². The maximum atomic E-state index is 11.9. The monoisotopic (exact) mass is 284 g/mol. The highest BCUT2D eigenvalue weighted by atomic mass is 35.5. The van der Waals surface area contributed by atoms with Crippen molar-refractivity contribution in [3.05, 3.63) is 28.8 Å². The molecule has 0 atom stereocenters. The Morgan fingerprint density at radius 1 is 1.37 bits per heavy atom. The van der Waals surface area contributed by atoms with E-state index in [9.17, 15) is 14.7 Å². The summed E-state index contributed by atoms with van der Waals surface area (Å²) in [6, 6.07) is 4.21. The zero-order valence-corrected chi connectivity index (χ0v) is 11.8. The summed E-state index contributed by atoms with van der Waals surface area (Å²) < 4.78 is 0. The Morgan fingerprint density at radius 2 is 2.00 bits per heavy atom. The van der Waals surface area contributed by atoms with Crippen molar-refractivity contribution in [2.75, 3.05) is 13.6 Å². The van der Waals surface area contributed by atoms with Gasteiger partial charge >= 0.3 is 0 Å². The lowest BCUT2D eigenvalue weighted by Gasteiger charge is -2.22. The minimum Gasteiger partial charge on any atom is -0.507 e. The van der Waals surface area contributed by atoms with E-state index in [0.717, 1.165) is 0 Å². The first-order valence-electron chi connectivity index (χ1n) is 5.77. The van der Waals surface area contributed by atoms with Gasteiger partial charge in [0.25, 0.3) is 5.91 Å². The number of hydrogen-bond acceptors (Lipinski definition) is 3. The molecule has 104 valence electrons. The van der Waals surface area contributed by atoms with Crippen LogP contribution in [-0.4, -0.2) is 30.5 Å². The molecule has 0 fully saturated rings. The van der Waals surface area contributed by atoms with Crippen molar-refractivity contribution in [1.82, 2.24) is 10.6 Å². The van der Waals surface area contributed by atoms with E-state index in [4.69, 9.17) is 11.6 Å². The standard InChI is InChI=1S/C13H17ClN2O3/c1-13(2,12(19)15-3)7-16-11(18)9-6-8(14)4-5-10(9)17/h4-6,17H,7H2,1-3H3,(H,15,19)(H,16,18). The summed E-state index contributed by atoms with van der Waals surface area (Å²) in [7, 11) is 1.54. The second-order valence-electron chi connectivity index (χ2n) is 4.81. The molecule has 0 saturated heterocycles. The van der Waals surface area contributed by atoms with Crippen LogP contribution in [0.4, 0.5) is 0 Å². The summed E-state index contributed by atoms with van der Waals surface area (Å²) in [5.74, 6) is -0.806. The SMILES string of the molecule is CNC(=O)C(C)(C)CNC(=O)c1cc(Cl)ccc1O. The Balaban J connectivity index is 2.76. The Hall–Kier alpha value is -1.75. The number of phenolic OH excluding ortho intramolecular Hbond substituents is 1. The first-order valence-corrected chi connectivity index (χ1v) is 6.14. The number of amides is 2. The predicted molar refractivity (Wildman–Crippen MR) is 73.3 cm³/mol. The van der Waals surface area contributed by atoms with Crippen molar-refractivity contribution in [3.8, 4) is 5.75 Å². The number of nitrogens with one attached hydrogen (secondary N) is 2. The Labute approximate surface area is 117 Å². The van der Waals surface area contributed by atoms with Gasteiger partial charge in [-0.15, -0.1) is 0 Å². The van der Waals surface area contributed by atoms with Gasteiger partial charge in [0.05, 0.1) is 11.0 Å². The smallest absolute Gasteiger partial charge is 0.255 e. The van der Waals surface area contributed by atoms with Crippen molar-refractivity contribution in [1.29, 1.82) is 0 Å². The van der Waals surface area contributed by atoms with Crippen LogP contribution >= 0.6 is 11.6 Å². The first kappa shape index (κ1) is 15.3. The summed E-state index contributed by atoms with van der Waals surface area (Å²) in [4.78, 5) is 23.5. The van der Waals surface area contributed by atoms with E-state index in [1.54, 1.807) is 13.8 Å². The van der Waals surface area contributed by atoms with Crippen LogP contribution in [0.1, 0.15) is 24.2 Å². The van der Waals surface area contributed by atoms with Gasteiger partial charge in [0.2, 0.25) is 5.91 Å². The number of benzene rings is 1. The maximum Gasteiger partial charge on any atom is 0.255 e. The summed E-state index contributed by atoms with van der Waals surface area (Å²) in [5.41, 5.74) is -0.654. The van der Waals surface area contributed by atoms with Gasteiger partial charge in [-0.1, -0.05) is 11.6 Å². The minimum atomic E-state index is -0.737. The second kappa shape index (κ2) is 5.93. The number of phenols is 1. The summed E-state index contributed by atoms with van der Waals surface area (Å²) in [5, 5.41) is 15.1. The van der Waals surface area contributed by atoms with Crippen molar-refractivity contribution in [3.63, 3.8) is 0 Å². The van der Waals surface area contributed by atoms with Crippen molar-refractivity contribution >= 4 is 23.4 Å². The number of rotatable bonds is 4. The van der Waals surface area contributed by atoms with Crippen LogP contribution in [0.15, 0.2) is 18.2 Å². The van der Waals surface area contributed by atoms with E-state index in [1.165, 1.54) is 25.2 Å². The Bertz CT molecular complexity index is 501. The van der Waals surface area contributed by atoms with Crippen LogP contribution in [0, 0.1) is 5.41 Å². The third-order valence-corrected chi connectivity index (χ3v) is 2.97. The maximum absolute atomic E-state index is 11.9. The molecule has 1 rings (SSSR count). The Kier molecular flexibility index (Phi) is 4.78. The molecule has 0 bridgehead atoms. The average Bonchev–Trinajstić information content (AvgIpc) is 2.37. The first-order chi connectivity index (χ1) is 8.77. The van der Waals surface area contributed by atoms with Gasteiger partial charge in [0.1, 0.15) is 5.75 Å². The fourth-order valence-corrected chi connectivity index (χ4v) is 1.68. The lowest BCUT2D eigenvalue weighted by Crippen LogP contribution is -2.43. The van der Waals surface area contributed by atoms with Crippen LogP contribution < -0.4 is 10.6 Å². The highest BCUT2D eigenvalue weighted by molar-refractivity contribution is 6.31. The molecule has 1 aromatic rings. The highest BCUT2D eigenvalue weighted by Gasteiger charge is 2.27. The van der Waals surface area contributed by atoms with E-state index in [0.29, 0.717) is 5.02 Å². The topological polar surface area (TPSA) is 78.4 Å². The van der Waals surface area contributed by atoms with Gasteiger partial charge in [-0.05, 0) is 32.0 Å². The molecule has 5 nitrogen and oxygen atoms in total. The number of hydrogen-bond donors (Lipinski definition) is 3. The molecule has 0 aliphatic rings. The van der Waals surface area contributed by atoms with Crippen molar-refractivity contribution in [2.24, 2.45) is 5.41 Å². The molecule has 6 heteroatoms. The fraction of sp³-hybridized carbons (Fsp3) is 0.385. The van der Waals surface area contributed by atoms with Crippen LogP contribution in [0.25, 0.3) is 0 Å². The van der Waals surface area contributed by atoms with Crippen LogP contribution in [0.3, 0.4) is 0 Å². The molecule has 1 aromatic carbocycles. The summed E-state index contributed by atoms with van der Waals surface area (Å²) in [6.07, 6.45) is 0. The van der Waals surface area contributed by atoms with Gasteiger partial charge in [-0.2, -0.15) is 0 Å². The molecule has 0 aromatic heterocycles. The van der Waals surface area contributed by atoms with Crippen molar-refractivity contribution < 1.29 is 14.7 Å². The summed E-state index contributed by atoms with van der Waals surface area (Å²) in [6.45, 7) is 3.57. The lowest BCUT2D eigenvalue weighted by molar-refractivity contribution is -0.128. The molecular formula is C13H17ClN2O3. The predicted octanol–water partition coefficient (Wildman–Crippen LogP) is 1.55. The molecule has 0 heterocycles. The van der Waals surface area contributed by atoms with Gasteiger partial charge in [0, 0.05) is 18.6 Å². The van der Waals surface area contributed by atoms with Gasteiger partial charge in [-0.3, -0.25) is 9.59 Å². The molecule has 0 unspecified atom stereocenters. The van der Waals surface area contributed by atoms with E-state index >= 15 is 0 Å². The van der Waals surface area contributed by atoms with E-state index in [2.05, 4.69) is 10.6 Å². The number of carbonyl (C=O) groups is 2. The fourth-order valence-electron chi connectivity index (χ4n) is 1.51. The van der Waals surface area contributed by atoms with Gasteiger partial charge in [-0.25, -0.2) is 0 Å². The molecular weight excluding hydrogens is 268 g/mol. The van der Waals surface area contributed by atoms with Crippen LogP contribution in [0.5, 0.6) is 5.75 Å². The lowest BCUT2D eigenvalue weighted by atomic mass is 9.92. The quantitative estimate of drug-likeness (QED) is 0.785. The second-order valence-corrected chi connectivity index (χ2v) is 5.24. The van der Waals surface area contributed by atoms with E-state index in [1.807, 2.05) is 0 Å². The zero-order chi connectivity index (χ0) is 14.6. The van der Waals surface area contributed by atoms with E-state index < -0.39 is 11.3 Å². The molecule has 2 amide bonds. The van der Waals surface area contributed by atoms with E-state index in [-0.39, 0.29) is 23.8 Å². The van der Waals surface area contributed by atoms with Crippen LogP contribution in [-0.2, 0) is 4.79 Å². The molecule has 0 aliphatic carbocycles. The normalized spacial score (nSPS) is 10.9. The number of carbonyl (C=O) groups excluding carboxylic acids is 2. The van der Waals surface area contributed by atoms with Gasteiger partial charge < -0.3 is 15.7 Å². The molecule has 0 radical (unpaired) electrons. The minimum absolute atomic E-state index is 0.0835.